The fraction of sp³-hybridized carbons (Fsp3) is 0.211. The standard InChI is InChI=1S/C19H20BrNO2/c1-4-6-15-10-14(11-18(19(15)22)23-5-2)12-21-17-8-7-13(3)9-16(17)20/h4,7-12,22H,1,5-6H2,2-3H3. The van der Waals surface area contributed by atoms with E-state index in [1.807, 2.05) is 38.1 Å². The van der Waals surface area contributed by atoms with Gasteiger partial charge in [-0.3, -0.25) is 4.99 Å². The number of nitrogens with zero attached hydrogens (tertiary/aromatic N) is 1. The zero-order valence-electron chi connectivity index (χ0n) is 13.3. The highest BCUT2D eigenvalue weighted by atomic mass is 79.9. The van der Waals surface area contributed by atoms with E-state index >= 15 is 0 Å². The number of ether oxygens (including phenoxy) is 1. The molecule has 0 heterocycles. The van der Waals surface area contributed by atoms with Gasteiger partial charge in [0.05, 0.1) is 12.3 Å². The van der Waals surface area contributed by atoms with Crippen molar-refractivity contribution >= 4 is 27.8 Å². The Kier molecular flexibility index (Phi) is 5.99. The number of aryl methyl sites for hydroxylation is 1. The van der Waals surface area contributed by atoms with E-state index in [1.165, 1.54) is 5.56 Å². The molecule has 0 atom stereocenters. The largest absolute Gasteiger partial charge is 0.504 e. The third-order valence-electron chi connectivity index (χ3n) is 3.30. The van der Waals surface area contributed by atoms with E-state index in [1.54, 1.807) is 18.4 Å². The van der Waals surface area contributed by atoms with Crippen LogP contribution in [0.1, 0.15) is 23.6 Å². The molecule has 2 aromatic carbocycles. The van der Waals surface area contributed by atoms with Gasteiger partial charge in [-0.1, -0.05) is 12.1 Å². The van der Waals surface area contributed by atoms with Crippen molar-refractivity contribution in [2.75, 3.05) is 6.61 Å². The number of benzene rings is 2. The van der Waals surface area contributed by atoms with E-state index in [-0.39, 0.29) is 5.75 Å². The van der Waals surface area contributed by atoms with Crippen LogP contribution in [0, 0.1) is 6.92 Å². The lowest BCUT2D eigenvalue weighted by atomic mass is 10.1. The van der Waals surface area contributed by atoms with Gasteiger partial charge in [0, 0.05) is 16.3 Å². The Morgan fingerprint density at radius 2 is 2.09 bits per heavy atom. The van der Waals surface area contributed by atoms with Gasteiger partial charge in [-0.15, -0.1) is 6.58 Å². The maximum Gasteiger partial charge on any atom is 0.161 e. The molecular weight excluding hydrogens is 354 g/mol. The molecule has 0 aliphatic carbocycles. The second-order valence-corrected chi connectivity index (χ2v) is 6.02. The number of phenols is 1. The molecule has 23 heavy (non-hydrogen) atoms. The van der Waals surface area contributed by atoms with Crippen LogP contribution in [0.2, 0.25) is 0 Å². The number of hydrogen-bond acceptors (Lipinski definition) is 3. The second kappa shape index (κ2) is 7.97. The zero-order valence-corrected chi connectivity index (χ0v) is 14.9. The van der Waals surface area contributed by atoms with Crippen molar-refractivity contribution in [3.05, 3.63) is 64.1 Å². The van der Waals surface area contributed by atoms with Crippen molar-refractivity contribution in [1.29, 1.82) is 0 Å². The predicted molar refractivity (Wildman–Crippen MR) is 99.3 cm³/mol. The van der Waals surface area contributed by atoms with Gasteiger partial charge in [0.2, 0.25) is 0 Å². The Labute approximate surface area is 145 Å². The summed E-state index contributed by atoms with van der Waals surface area (Å²) < 4.78 is 6.45. The van der Waals surface area contributed by atoms with Crippen molar-refractivity contribution in [3.8, 4) is 11.5 Å². The van der Waals surface area contributed by atoms with Crippen LogP contribution < -0.4 is 4.74 Å². The Balaban J connectivity index is 2.38. The van der Waals surface area contributed by atoms with Crippen LogP contribution in [-0.2, 0) is 6.42 Å². The van der Waals surface area contributed by atoms with Crippen molar-refractivity contribution in [1.82, 2.24) is 0 Å². The zero-order chi connectivity index (χ0) is 16.8. The summed E-state index contributed by atoms with van der Waals surface area (Å²) >= 11 is 3.52. The molecule has 0 aromatic heterocycles. The van der Waals surface area contributed by atoms with Crippen molar-refractivity contribution in [2.45, 2.75) is 20.3 Å². The molecule has 2 rings (SSSR count). The Morgan fingerprint density at radius 1 is 1.30 bits per heavy atom. The molecule has 2 aromatic rings. The number of hydrogen-bond donors (Lipinski definition) is 1. The van der Waals surface area contributed by atoms with E-state index in [4.69, 9.17) is 4.74 Å². The Bertz CT molecular complexity index is 738. The first-order valence-electron chi connectivity index (χ1n) is 7.45. The average molecular weight is 374 g/mol. The lowest BCUT2D eigenvalue weighted by Gasteiger charge is -2.11. The van der Waals surface area contributed by atoms with Crippen molar-refractivity contribution < 1.29 is 9.84 Å². The summed E-state index contributed by atoms with van der Waals surface area (Å²) in [5.74, 6) is 0.636. The highest BCUT2D eigenvalue weighted by Crippen LogP contribution is 2.32. The summed E-state index contributed by atoms with van der Waals surface area (Å²) in [4.78, 5) is 4.51. The number of phenolic OH excluding ortho intramolecular Hbond substituents is 1. The molecular formula is C19H20BrNO2. The summed E-state index contributed by atoms with van der Waals surface area (Å²) in [6.07, 6.45) is 4.09. The maximum atomic E-state index is 10.2. The number of halogens is 1. The molecule has 4 heteroatoms. The first-order chi connectivity index (χ1) is 11.0. The molecule has 0 unspecified atom stereocenters. The third kappa shape index (κ3) is 4.45. The van der Waals surface area contributed by atoms with Gasteiger partial charge in [-0.05, 0) is 71.6 Å². The minimum atomic E-state index is 0.167. The molecule has 0 saturated heterocycles. The molecule has 120 valence electrons. The molecule has 0 fully saturated rings. The van der Waals surface area contributed by atoms with Gasteiger partial charge in [0.1, 0.15) is 0 Å². The minimum Gasteiger partial charge on any atom is -0.504 e. The van der Waals surface area contributed by atoms with E-state index in [0.29, 0.717) is 18.8 Å². The van der Waals surface area contributed by atoms with Gasteiger partial charge in [-0.2, -0.15) is 0 Å². The molecule has 0 aliphatic heterocycles. The maximum absolute atomic E-state index is 10.2. The monoisotopic (exact) mass is 373 g/mol. The quantitative estimate of drug-likeness (QED) is 0.548. The Morgan fingerprint density at radius 3 is 2.74 bits per heavy atom. The predicted octanol–water partition coefficient (Wildman–Crippen LogP) is 5.34. The van der Waals surface area contributed by atoms with Crippen LogP contribution in [-0.4, -0.2) is 17.9 Å². The van der Waals surface area contributed by atoms with Crippen LogP contribution in [0.25, 0.3) is 0 Å². The smallest absolute Gasteiger partial charge is 0.161 e. The average Bonchev–Trinajstić information content (AvgIpc) is 2.51. The number of rotatable bonds is 6. The fourth-order valence-corrected chi connectivity index (χ4v) is 2.80. The van der Waals surface area contributed by atoms with Gasteiger partial charge >= 0.3 is 0 Å². The molecule has 0 aliphatic rings. The summed E-state index contributed by atoms with van der Waals surface area (Å²) in [6, 6.07) is 9.69. The first-order valence-corrected chi connectivity index (χ1v) is 8.24. The van der Waals surface area contributed by atoms with E-state index in [9.17, 15) is 5.11 Å². The number of allylic oxidation sites excluding steroid dienone is 1. The Hall–Kier alpha value is -2.07. The van der Waals surface area contributed by atoms with Crippen LogP contribution >= 0.6 is 15.9 Å². The fourth-order valence-electron chi connectivity index (χ4n) is 2.20. The van der Waals surface area contributed by atoms with Gasteiger partial charge < -0.3 is 9.84 Å². The molecule has 0 saturated carbocycles. The summed E-state index contributed by atoms with van der Waals surface area (Å²) in [7, 11) is 0. The van der Waals surface area contributed by atoms with Gasteiger partial charge in [-0.25, -0.2) is 0 Å². The second-order valence-electron chi connectivity index (χ2n) is 5.17. The van der Waals surface area contributed by atoms with E-state index < -0.39 is 0 Å². The van der Waals surface area contributed by atoms with Gasteiger partial charge in [0.25, 0.3) is 0 Å². The van der Waals surface area contributed by atoms with E-state index in [2.05, 4.69) is 27.5 Å². The van der Waals surface area contributed by atoms with Crippen LogP contribution in [0.4, 0.5) is 5.69 Å². The normalized spacial score (nSPS) is 10.9. The highest BCUT2D eigenvalue weighted by Gasteiger charge is 2.09. The molecule has 0 bridgehead atoms. The molecule has 0 amide bonds. The van der Waals surface area contributed by atoms with Crippen molar-refractivity contribution in [2.24, 2.45) is 4.99 Å². The van der Waals surface area contributed by atoms with Gasteiger partial charge in [0.15, 0.2) is 11.5 Å². The highest BCUT2D eigenvalue weighted by molar-refractivity contribution is 9.10. The van der Waals surface area contributed by atoms with Crippen molar-refractivity contribution in [3.63, 3.8) is 0 Å². The van der Waals surface area contributed by atoms with Crippen LogP contribution in [0.3, 0.4) is 0 Å². The third-order valence-corrected chi connectivity index (χ3v) is 3.93. The molecule has 0 spiro atoms. The summed E-state index contributed by atoms with van der Waals surface area (Å²) in [6.45, 7) is 8.14. The lowest BCUT2D eigenvalue weighted by molar-refractivity contribution is 0.317. The first kappa shape index (κ1) is 17.3. The summed E-state index contributed by atoms with van der Waals surface area (Å²) in [5, 5.41) is 10.2. The number of aromatic hydroxyl groups is 1. The minimum absolute atomic E-state index is 0.167. The van der Waals surface area contributed by atoms with Crippen LogP contribution in [0.5, 0.6) is 11.5 Å². The number of aliphatic imine (C=N–C) groups is 1. The SMILES string of the molecule is C=CCc1cc(C=Nc2ccc(C)cc2Br)cc(OCC)c1O. The summed E-state index contributed by atoms with van der Waals surface area (Å²) in [5.41, 5.74) is 3.67. The topological polar surface area (TPSA) is 41.8 Å². The lowest BCUT2D eigenvalue weighted by Crippen LogP contribution is -1.96. The molecule has 3 nitrogen and oxygen atoms in total. The van der Waals surface area contributed by atoms with Crippen LogP contribution in [0.15, 0.2) is 52.5 Å². The molecule has 0 radical (unpaired) electrons. The van der Waals surface area contributed by atoms with E-state index in [0.717, 1.165) is 21.3 Å². The molecule has 1 N–H and O–H groups in total.